The van der Waals surface area contributed by atoms with E-state index in [0.29, 0.717) is 17.8 Å². The minimum atomic E-state index is -0.253. The molecule has 4 nitrogen and oxygen atoms in total. The van der Waals surface area contributed by atoms with E-state index >= 15 is 0 Å². The fourth-order valence-corrected chi connectivity index (χ4v) is 2.72. The summed E-state index contributed by atoms with van der Waals surface area (Å²) in [5.41, 5.74) is 1.02. The maximum absolute atomic E-state index is 13.7. The van der Waals surface area contributed by atoms with Gasteiger partial charge in [0.15, 0.2) is 11.6 Å². The Morgan fingerprint density at radius 3 is 2.82 bits per heavy atom. The summed E-state index contributed by atoms with van der Waals surface area (Å²) in [5.74, 6) is 0.747. The van der Waals surface area contributed by atoms with Crippen LogP contribution in [0, 0.1) is 17.1 Å². The summed E-state index contributed by atoms with van der Waals surface area (Å²) in [6, 6.07) is 3.45. The standard InChI is InChI=1S/C17H25FN4/c1-13(2)10-14(11-19)12-21-15-5-8-22(9-6-15)17-16(18)4-3-7-20-17/h3-4,7,11-13,15,19,21H,5-6,8-10H2,1-2H3/b14-12-,19-11?. The Morgan fingerprint density at radius 1 is 1.50 bits per heavy atom. The van der Waals surface area contributed by atoms with Crippen molar-refractivity contribution in [3.05, 3.63) is 35.9 Å². The molecule has 0 saturated carbocycles. The number of pyridine rings is 1. The van der Waals surface area contributed by atoms with E-state index in [1.165, 1.54) is 12.3 Å². The fourth-order valence-electron chi connectivity index (χ4n) is 2.72. The van der Waals surface area contributed by atoms with Gasteiger partial charge < -0.3 is 15.6 Å². The van der Waals surface area contributed by atoms with Gasteiger partial charge in [0.05, 0.1) is 0 Å². The highest BCUT2D eigenvalue weighted by Crippen LogP contribution is 2.20. The third-order valence-electron chi connectivity index (χ3n) is 3.87. The molecule has 1 saturated heterocycles. The van der Waals surface area contributed by atoms with Gasteiger partial charge in [0, 0.05) is 37.7 Å². The summed E-state index contributed by atoms with van der Waals surface area (Å²) < 4.78 is 13.7. The Bertz CT molecular complexity index is 519. The molecule has 0 aliphatic carbocycles. The zero-order chi connectivity index (χ0) is 15.9. The lowest BCUT2D eigenvalue weighted by atomic mass is 10.0. The second-order valence-corrected chi connectivity index (χ2v) is 6.20. The number of nitrogens with zero attached hydrogens (tertiary/aromatic N) is 2. The zero-order valence-corrected chi connectivity index (χ0v) is 13.3. The van der Waals surface area contributed by atoms with Crippen molar-refractivity contribution in [3.8, 4) is 0 Å². The molecule has 22 heavy (non-hydrogen) atoms. The summed E-state index contributed by atoms with van der Waals surface area (Å²) in [7, 11) is 0. The van der Waals surface area contributed by atoms with Gasteiger partial charge >= 0.3 is 0 Å². The molecule has 120 valence electrons. The third kappa shape index (κ3) is 4.55. The molecule has 5 heteroatoms. The first-order chi connectivity index (χ1) is 10.6. The van der Waals surface area contributed by atoms with Crippen molar-refractivity contribution in [2.45, 2.75) is 39.2 Å². The van der Waals surface area contributed by atoms with Crippen LogP contribution in [0.1, 0.15) is 33.1 Å². The highest BCUT2D eigenvalue weighted by atomic mass is 19.1. The Balaban J connectivity index is 1.86. The second-order valence-electron chi connectivity index (χ2n) is 6.20. The average molecular weight is 304 g/mol. The van der Waals surface area contributed by atoms with E-state index in [0.717, 1.165) is 37.9 Å². The van der Waals surface area contributed by atoms with Crippen LogP contribution < -0.4 is 10.2 Å². The molecule has 0 radical (unpaired) electrons. The maximum atomic E-state index is 13.7. The van der Waals surface area contributed by atoms with Crippen LogP contribution in [0.15, 0.2) is 30.1 Å². The monoisotopic (exact) mass is 304 g/mol. The normalized spacial score (nSPS) is 16.9. The number of rotatable bonds is 6. The van der Waals surface area contributed by atoms with Gasteiger partial charge in [0.2, 0.25) is 0 Å². The molecule has 0 unspecified atom stereocenters. The number of halogens is 1. The van der Waals surface area contributed by atoms with Crippen molar-refractivity contribution in [1.29, 1.82) is 5.41 Å². The van der Waals surface area contributed by atoms with Crippen molar-refractivity contribution in [3.63, 3.8) is 0 Å². The van der Waals surface area contributed by atoms with Gasteiger partial charge in [-0.15, -0.1) is 0 Å². The van der Waals surface area contributed by atoms with Crippen LogP contribution in [0.3, 0.4) is 0 Å². The molecule has 1 fully saturated rings. The number of allylic oxidation sites excluding steroid dienone is 1. The van der Waals surface area contributed by atoms with Crippen molar-refractivity contribution < 1.29 is 4.39 Å². The summed E-state index contributed by atoms with van der Waals surface area (Å²) in [4.78, 5) is 6.14. The molecule has 0 bridgehead atoms. The topological polar surface area (TPSA) is 52.0 Å². The smallest absolute Gasteiger partial charge is 0.165 e. The van der Waals surface area contributed by atoms with Gasteiger partial charge in [0.1, 0.15) is 0 Å². The van der Waals surface area contributed by atoms with Gasteiger partial charge in [-0.2, -0.15) is 0 Å². The van der Waals surface area contributed by atoms with E-state index in [1.807, 2.05) is 11.1 Å². The molecule has 0 spiro atoms. The zero-order valence-electron chi connectivity index (χ0n) is 13.3. The van der Waals surface area contributed by atoms with Crippen molar-refractivity contribution >= 4 is 12.0 Å². The van der Waals surface area contributed by atoms with Crippen molar-refractivity contribution in [1.82, 2.24) is 10.3 Å². The number of hydrogen-bond acceptors (Lipinski definition) is 4. The van der Waals surface area contributed by atoms with Crippen molar-refractivity contribution in [2.24, 2.45) is 5.92 Å². The van der Waals surface area contributed by atoms with Gasteiger partial charge in [-0.1, -0.05) is 13.8 Å². The summed E-state index contributed by atoms with van der Waals surface area (Å²) >= 11 is 0. The molecule has 2 N–H and O–H groups in total. The van der Waals surface area contributed by atoms with E-state index in [4.69, 9.17) is 5.41 Å². The van der Waals surface area contributed by atoms with Gasteiger partial charge in [0.25, 0.3) is 0 Å². The Hall–Kier alpha value is -1.91. The number of nitrogens with one attached hydrogen (secondary N) is 2. The van der Waals surface area contributed by atoms with Crippen LogP contribution in [0.25, 0.3) is 0 Å². The molecular weight excluding hydrogens is 279 g/mol. The summed E-state index contributed by atoms with van der Waals surface area (Å²) in [5, 5.41) is 10.9. The summed E-state index contributed by atoms with van der Waals surface area (Å²) in [6.45, 7) is 5.89. The van der Waals surface area contributed by atoms with E-state index in [9.17, 15) is 4.39 Å². The lowest BCUT2D eigenvalue weighted by molar-refractivity contribution is 0.447. The first-order valence-corrected chi connectivity index (χ1v) is 7.91. The first-order valence-electron chi connectivity index (χ1n) is 7.91. The van der Waals surface area contributed by atoms with Crippen LogP contribution in [-0.4, -0.2) is 30.3 Å². The first kappa shape index (κ1) is 16.5. The molecule has 1 aromatic rings. The third-order valence-corrected chi connectivity index (χ3v) is 3.87. The van der Waals surface area contributed by atoms with Crippen molar-refractivity contribution in [2.75, 3.05) is 18.0 Å². The fraction of sp³-hybridized carbons (Fsp3) is 0.529. The predicted molar refractivity (Wildman–Crippen MR) is 88.9 cm³/mol. The quantitative estimate of drug-likeness (QED) is 0.792. The van der Waals surface area contributed by atoms with Crippen LogP contribution in [0.4, 0.5) is 10.2 Å². The summed E-state index contributed by atoms with van der Waals surface area (Å²) in [6.07, 6.45) is 7.82. The van der Waals surface area contributed by atoms with E-state index < -0.39 is 0 Å². The molecule has 2 heterocycles. The van der Waals surface area contributed by atoms with E-state index in [-0.39, 0.29) is 5.82 Å². The lowest BCUT2D eigenvalue weighted by Crippen LogP contribution is -2.41. The van der Waals surface area contributed by atoms with Gasteiger partial charge in [-0.25, -0.2) is 9.37 Å². The minimum absolute atomic E-state index is 0.253. The Morgan fingerprint density at radius 2 is 2.23 bits per heavy atom. The minimum Gasteiger partial charge on any atom is -0.388 e. The highest BCUT2D eigenvalue weighted by molar-refractivity contribution is 5.75. The highest BCUT2D eigenvalue weighted by Gasteiger charge is 2.21. The molecule has 0 amide bonds. The predicted octanol–water partition coefficient (Wildman–Crippen LogP) is 3.36. The average Bonchev–Trinajstić information content (AvgIpc) is 2.52. The molecule has 0 atom stereocenters. The Labute approximate surface area is 131 Å². The maximum Gasteiger partial charge on any atom is 0.165 e. The van der Waals surface area contributed by atoms with Crippen LogP contribution >= 0.6 is 0 Å². The molecule has 0 aromatic carbocycles. The van der Waals surface area contributed by atoms with Crippen LogP contribution in [0.2, 0.25) is 0 Å². The molecular formula is C17H25FN4. The molecule has 1 aliphatic rings. The Kier molecular flexibility index (Phi) is 5.92. The van der Waals surface area contributed by atoms with E-state index in [2.05, 4.69) is 24.1 Å². The number of aromatic nitrogens is 1. The number of anilines is 1. The SMILES string of the molecule is CC(C)C/C(C=N)=C/NC1CCN(c2ncccc2F)CC1. The van der Waals surface area contributed by atoms with Crippen LogP contribution in [0.5, 0.6) is 0 Å². The second kappa shape index (κ2) is 7.92. The number of piperidine rings is 1. The van der Waals surface area contributed by atoms with Gasteiger partial charge in [-0.3, -0.25) is 0 Å². The van der Waals surface area contributed by atoms with Crippen LogP contribution in [-0.2, 0) is 0 Å². The van der Waals surface area contributed by atoms with Gasteiger partial charge in [-0.05, 0) is 42.9 Å². The number of hydrogen-bond donors (Lipinski definition) is 2. The molecule has 2 rings (SSSR count). The largest absolute Gasteiger partial charge is 0.388 e. The van der Waals surface area contributed by atoms with E-state index in [1.54, 1.807) is 12.3 Å². The molecule has 1 aromatic heterocycles. The molecule has 1 aliphatic heterocycles. The lowest BCUT2D eigenvalue weighted by Gasteiger charge is -2.33.